The zero-order chi connectivity index (χ0) is 15.3. The van der Waals surface area contributed by atoms with Gasteiger partial charge < -0.3 is 20.7 Å². The summed E-state index contributed by atoms with van der Waals surface area (Å²) in [5, 5.41) is 5.73. The number of nitrogens with two attached hydrogens (primary N) is 1. The Morgan fingerprint density at radius 2 is 2.09 bits per heavy atom. The lowest BCUT2D eigenvalue weighted by Crippen LogP contribution is -2.55. The molecule has 1 aromatic rings. The maximum atomic E-state index is 12.2. The lowest BCUT2D eigenvalue weighted by molar-refractivity contribution is -0.00659. The van der Waals surface area contributed by atoms with Crippen LogP contribution in [0, 0.1) is 0 Å². The Kier molecular flexibility index (Phi) is 10.2. The highest BCUT2D eigenvalue weighted by Crippen LogP contribution is 2.25. The molecule has 0 spiro atoms. The fraction of sp³-hybridized carbons (Fsp3) is 0.714. The van der Waals surface area contributed by atoms with E-state index in [4.69, 9.17) is 10.5 Å². The number of carbonyl (C=O) groups is 1. The van der Waals surface area contributed by atoms with Crippen LogP contribution in [0.3, 0.4) is 0 Å². The van der Waals surface area contributed by atoms with E-state index in [0.717, 1.165) is 37.5 Å². The van der Waals surface area contributed by atoms with Crippen LogP contribution in [0.15, 0.2) is 5.38 Å². The van der Waals surface area contributed by atoms with Crippen molar-refractivity contribution in [2.75, 3.05) is 40.4 Å². The van der Waals surface area contributed by atoms with Crippen LogP contribution in [0.2, 0.25) is 0 Å². The molecule has 0 aromatic carbocycles. The van der Waals surface area contributed by atoms with Gasteiger partial charge in [-0.15, -0.1) is 36.2 Å². The molecule has 0 radical (unpaired) electrons. The van der Waals surface area contributed by atoms with Crippen LogP contribution in [0.5, 0.6) is 0 Å². The molecule has 2 heterocycles. The molecular formula is C14H26Cl2N4O2S. The molecule has 1 fully saturated rings. The first-order valence-corrected chi connectivity index (χ1v) is 8.13. The third-order valence-electron chi connectivity index (χ3n) is 4.09. The number of halogens is 2. The number of aromatic nitrogens is 1. The number of amides is 1. The van der Waals surface area contributed by atoms with E-state index < -0.39 is 0 Å². The Hall–Kier alpha value is -0.440. The van der Waals surface area contributed by atoms with Crippen molar-refractivity contribution < 1.29 is 9.53 Å². The van der Waals surface area contributed by atoms with E-state index in [1.807, 2.05) is 0 Å². The first-order chi connectivity index (χ1) is 10.1. The molecule has 2 rings (SSSR count). The van der Waals surface area contributed by atoms with Gasteiger partial charge in [-0.3, -0.25) is 4.79 Å². The summed E-state index contributed by atoms with van der Waals surface area (Å²) in [6.07, 6.45) is 2.57. The minimum absolute atomic E-state index is 0. The predicted octanol–water partition coefficient (Wildman–Crippen LogP) is 1.33. The largest absolute Gasteiger partial charge is 0.381 e. The standard InChI is InChI=1S/C14H24N4O2S.2ClH/c1-18(2)14(4-7-20-8-5-14)10-16-13(19)11-9-21-12(17-11)3-6-15;;/h9H,3-8,10,15H2,1-2H3,(H,16,19);2*1H. The summed E-state index contributed by atoms with van der Waals surface area (Å²) in [5.74, 6) is -0.109. The van der Waals surface area contributed by atoms with Crippen molar-refractivity contribution in [3.05, 3.63) is 16.1 Å². The summed E-state index contributed by atoms with van der Waals surface area (Å²) in [6.45, 7) is 2.65. The second kappa shape index (κ2) is 10.4. The van der Waals surface area contributed by atoms with E-state index >= 15 is 0 Å². The Balaban J connectivity index is 0.00000242. The van der Waals surface area contributed by atoms with Crippen LogP contribution in [0.1, 0.15) is 28.3 Å². The molecule has 1 amide bonds. The second-order valence-electron chi connectivity index (χ2n) is 5.58. The van der Waals surface area contributed by atoms with Gasteiger partial charge in [0.1, 0.15) is 5.69 Å². The molecule has 134 valence electrons. The van der Waals surface area contributed by atoms with Crippen LogP contribution >= 0.6 is 36.2 Å². The average Bonchev–Trinajstić information content (AvgIpc) is 2.95. The van der Waals surface area contributed by atoms with Gasteiger partial charge in [-0.05, 0) is 33.5 Å². The zero-order valence-corrected chi connectivity index (χ0v) is 16.0. The SMILES string of the molecule is CN(C)C1(CNC(=O)c2csc(CCN)n2)CCOCC1.Cl.Cl. The Bertz CT molecular complexity index is 479. The van der Waals surface area contributed by atoms with Crippen molar-refractivity contribution in [1.29, 1.82) is 0 Å². The number of thiazole rings is 1. The van der Waals surface area contributed by atoms with Crippen LogP contribution in [0.25, 0.3) is 0 Å². The molecule has 0 unspecified atom stereocenters. The van der Waals surface area contributed by atoms with Gasteiger partial charge in [-0.1, -0.05) is 0 Å². The summed E-state index contributed by atoms with van der Waals surface area (Å²) in [5.41, 5.74) is 5.97. The Morgan fingerprint density at radius 1 is 1.43 bits per heavy atom. The number of hydrogen-bond acceptors (Lipinski definition) is 6. The van der Waals surface area contributed by atoms with Crippen molar-refractivity contribution in [1.82, 2.24) is 15.2 Å². The fourth-order valence-electron chi connectivity index (χ4n) is 2.52. The minimum atomic E-state index is -0.109. The van der Waals surface area contributed by atoms with E-state index in [-0.39, 0.29) is 36.3 Å². The number of hydrogen-bond donors (Lipinski definition) is 2. The lowest BCUT2D eigenvalue weighted by Gasteiger charge is -2.42. The minimum Gasteiger partial charge on any atom is -0.381 e. The number of nitrogens with zero attached hydrogens (tertiary/aromatic N) is 2. The lowest BCUT2D eigenvalue weighted by atomic mass is 9.88. The van der Waals surface area contributed by atoms with Crippen molar-refractivity contribution in [2.45, 2.75) is 24.8 Å². The van der Waals surface area contributed by atoms with Crippen molar-refractivity contribution in [2.24, 2.45) is 5.73 Å². The number of carbonyl (C=O) groups excluding carboxylic acids is 1. The molecule has 23 heavy (non-hydrogen) atoms. The molecule has 1 aliphatic heterocycles. The van der Waals surface area contributed by atoms with Crippen molar-refractivity contribution >= 4 is 42.1 Å². The molecule has 6 nitrogen and oxygen atoms in total. The quantitative estimate of drug-likeness (QED) is 0.772. The van der Waals surface area contributed by atoms with Crippen LogP contribution < -0.4 is 11.1 Å². The Morgan fingerprint density at radius 3 is 2.65 bits per heavy atom. The molecule has 1 aromatic heterocycles. The zero-order valence-electron chi connectivity index (χ0n) is 13.5. The van der Waals surface area contributed by atoms with Crippen LogP contribution in [0.4, 0.5) is 0 Å². The summed E-state index contributed by atoms with van der Waals surface area (Å²) in [7, 11) is 4.11. The number of ether oxygens (including phenoxy) is 1. The predicted molar refractivity (Wildman–Crippen MR) is 98.2 cm³/mol. The molecule has 1 aliphatic rings. The smallest absolute Gasteiger partial charge is 0.270 e. The second-order valence-corrected chi connectivity index (χ2v) is 6.52. The van der Waals surface area contributed by atoms with Crippen molar-refractivity contribution in [3.63, 3.8) is 0 Å². The molecule has 0 saturated carbocycles. The van der Waals surface area contributed by atoms with Crippen LogP contribution in [-0.4, -0.2) is 61.7 Å². The number of rotatable bonds is 6. The van der Waals surface area contributed by atoms with E-state index in [9.17, 15) is 4.79 Å². The van der Waals surface area contributed by atoms with Crippen molar-refractivity contribution in [3.8, 4) is 0 Å². The normalized spacial score (nSPS) is 16.3. The van der Waals surface area contributed by atoms with Gasteiger partial charge in [-0.25, -0.2) is 4.98 Å². The Labute approximate surface area is 154 Å². The van der Waals surface area contributed by atoms with Gasteiger partial charge in [-0.2, -0.15) is 0 Å². The van der Waals surface area contributed by atoms with E-state index in [0.29, 0.717) is 18.8 Å². The van der Waals surface area contributed by atoms with Gasteiger partial charge >= 0.3 is 0 Å². The van der Waals surface area contributed by atoms with Gasteiger partial charge in [0.2, 0.25) is 0 Å². The highest BCUT2D eigenvalue weighted by molar-refractivity contribution is 7.09. The van der Waals surface area contributed by atoms with Gasteiger partial charge in [0.25, 0.3) is 5.91 Å². The summed E-state index contributed by atoms with van der Waals surface area (Å²) in [6, 6.07) is 0. The highest BCUT2D eigenvalue weighted by atomic mass is 35.5. The number of likely N-dealkylation sites (N-methyl/N-ethyl adjacent to an activating group) is 1. The third-order valence-corrected chi connectivity index (χ3v) is 5.00. The first-order valence-electron chi connectivity index (χ1n) is 7.25. The fourth-order valence-corrected chi connectivity index (χ4v) is 3.32. The monoisotopic (exact) mass is 384 g/mol. The molecule has 9 heteroatoms. The molecule has 0 aliphatic carbocycles. The number of nitrogens with one attached hydrogen (secondary N) is 1. The van der Waals surface area contributed by atoms with E-state index in [2.05, 4.69) is 29.3 Å². The molecular weight excluding hydrogens is 359 g/mol. The molecule has 3 N–H and O–H groups in total. The maximum Gasteiger partial charge on any atom is 0.270 e. The van der Waals surface area contributed by atoms with E-state index in [1.165, 1.54) is 11.3 Å². The highest BCUT2D eigenvalue weighted by Gasteiger charge is 2.35. The molecule has 0 bridgehead atoms. The first kappa shape index (κ1) is 22.6. The molecule has 1 saturated heterocycles. The third kappa shape index (κ3) is 5.85. The van der Waals surface area contributed by atoms with E-state index in [1.54, 1.807) is 5.38 Å². The summed E-state index contributed by atoms with van der Waals surface area (Å²) >= 11 is 1.49. The topological polar surface area (TPSA) is 80.5 Å². The maximum absolute atomic E-state index is 12.2. The van der Waals surface area contributed by atoms with Gasteiger partial charge in [0.05, 0.1) is 5.01 Å². The van der Waals surface area contributed by atoms with Crippen LogP contribution in [-0.2, 0) is 11.2 Å². The summed E-state index contributed by atoms with van der Waals surface area (Å²) < 4.78 is 5.43. The average molecular weight is 385 g/mol. The molecule has 0 atom stereocenters. The van der Waals surface area contributed by atoms with Gasteiger partial charge in [0, 0.05) is 37.1 Å². The van der Waals surface area contributed by atoms with Gasteiger partial charge in [0.15, 0.2) is 0 Å². The summed E-state index contributed by atoms with van der Waals surface area (Å²) in [4.78, 5) is 18.7.